The standard InChI is InChI=1S/C11H20N2O3/c1-4-16-8-7-13-6-5-9(14)12-11(2,3)10(13)15/h4-8H2,1-3H3,(H,12,14). The Morgan fingerprint density at radius 2 is 2.12 bits per heavy atom. The normalized spacial score (nSPS) is 20.6. The van der Waals surface area contributed by atoms with Crippen LogP contribution in [0.1, 0.15) is 27.2 Å². The average Bonchev–Trinajstić information content (AvgIpc) is 2.29. The molecule has 0 radical (unpaired) electrons. The second kappa shape index (κ2) is 5.30. The first-order valence-corrected chi connectivity index (χ1v) is 5.65. The van der Waals surface area contributed by atoms with E-state index in [4.69, 9.17) is 4.74 Å². The molecule has 0 bridgehead atoms. The molecule has 1 N–H and O–H groups in total. The fraction of sp³-hybridized carbons (Fsp3) is 0.818. The van der Waals surface area contributed by atoms with Crippen molar-refractivity contribution in [2.24, 2.45) is 0 Å². The smallest absolute Gasteiger partial charge is 0.247 e. The second-order valence-electron chi connectivity index (χ2n) is 4.41. The Labute approximate surface area is 96.1 Å². The topological polar surface area (TPSA) is 58.6 Å². The fourth-order valence-corrected chi connectivity index (χ4v) is 1.73. The van der Waals surface area contributed by atoms with Crippen molar-refractivity contribution in [3.63, 3.8) is 0 Å². The van der Waals surface area contributed by atoms with Crippen LogP contribution in [0, 0.1) is 0 Å². The van der Waals surface area contributed by atoms with Crippen molar-refractivity contribution in [1.82, 2.24) is 10.2 Å². The van der Waals surface area contributed by atoms with Crippen molar-refractivity contribution in [3.8, 4) is 0 Å². The molecule has 2 amide bonds. The number of nitrogens with zero attached hydrogens (tertiary/aromatic N) is 1. The van der Waals surface area contributed by atoms with Gasteiger partial charge in [0.05, 0.1) is 6.61 Å². The molecule has 1 rings (SSSR count). The SMILES string of the molecule is CCOCCN1CCC(=O)NC(C)(C)C1=O. The second-order valence-corrected chi connectivity index (χ2v) is 4.41. The van der Waals surface area contributed by atoms with Crippen molar-refractivity contribution in [1.29, 1.82) is 0 Å². The largest absolute Gasteiger partial charge is 0.380 e. The van der Waals surface area contributed by atoms with E-state index in [9.17, 15) is 9.59 Å². The maximum Gasteiger partial charge on any atom is 0.247 e. The summed E-state index contributed by atoms with van der Waals surface area (Å²) in [6.07, 6.45) is 0.362. The Bertz CT molecular complexity index is 276. The fourth-order valence-electron chi connectivity index (χ4n) is 1.73. The van der Waals surface area contributed by atoms with E-state index in [2.05, 4.69) is 5.32 Å². The van der Waals surface area contributed by atoms with E-state index < -0.39 is 5.54 Å². The first-order chi connectivity index (χ1) is 7.47. The summed E-state index contributed by atoms with van der Waals surface area (Å²) in [5, 5.41) is 2.72. The van der Waals surface area contributed by atoms with Gasteiger partial charge in [0.15, 0.2) is 0 Å². The lowest BCUT2D eigenvalue weighted by Gasteiger charge is -2.28. The number of amides is 2. The van der Waals surface area contributed by atoms with Crippen LogP contribution in [-0.4, -0.2) is 48.6 Å². The van der Waals surface area contributed by atoms with E-state index in [1.54, 1.807) is 18.7 Å². The van der Waals surface area contributed by atoms with Gasteiger partial charge in [-0.2, -0.15) is 0 Å². The summed E-state index contributed by atoms with van der Waals surface area (Å²) in [7, 11) is 0. The number of ether oxygens (including phenoxy) is 1. The van der Waals surface area contributed by atoms with Gasteiger partial charge in [0.2, 0.25) is 11.8 Å². The van der Waals surface area contributed by atoms with Crippen molar-refractivity contribution in [2.45, 2.75) is 32.7 Å². The Morgan fingerprint density at radius 3 is 2.75 bits per heavy atom. The summed E-state index contributed by atoms with van der Waals surface area (Å²) < 4.78 is 5.22. The predicted molar refractivity (Wildman–Crippen MR) is 59.9 cm³/mol. The van der Waals surface area contributed by atoms with Crippen molar-refractivity contribution in [3.05, 3.63) is 0 Å². The van der Waals surface area contributed by atoms with E-state index in [0.29, 0.717) is 32.7 Å². The van der Waals surface area contributed by atoms with E-state index in [1.165, 1.54) is 0 Å². The number of carbonyl (C=O) groups is 2. The van der Waals surface area contributed by atoms with E-state index in [0.717, 1.165) is 0 Å². The summed E-state index contributed by atoms with van der Waals surface area (Å²) in [6, 6.07) is 0. The highest BCUT2D eigenvalue weighted by Crippen LogP contribution is 2.12. The molecule has 0 aromatic heterocycles. The third-order valence-electron chi connectivity index (χ3n) is 2.59. The van der Waals surface area contributed by atoms with Crippen LogP contribution in [0.5, 0.6) is 0 Å². The molecule has 0 unspecified atom stereocenters. The molecule has 0 aromatic carbocycles. The minimum Gasteiger partial charge on any atom is -0.380 e. The third-order valence-corrected chi connectivity index (χ3v) is 2.59. The molecule has 0 spiro atoms. The monoisotopic (exact) mass is 228 g/mol. The van der Waals surface area contributed by atoms with Crippen LogP contribution in [0.15, 0.2) is 0 Å². The van der Waals surface area contributed by atoms with Gasteiger partial charge >= 0.3 is 0 Å². The van der Waals surface area contributed by atoms with E-state index in [-0.39, 0.29) is 11.8 Å². The maximum absolute atomic E-state index is 12.1. The number of carbonyl (C=O) groups excluding carboxylic acids is 2. The molecule has 1 aliphatic heterocycles. The van der Waals surface area contributed by atoms with Crippen LogP contribution in [0.3, 0.4) is 0 Å². The quantitative estimate of drug-likeness (QED) is 0.697. The summed E-state index contributed by atoms with van der Waals surface area (Å²) in [6.45, 7) is 7.55. The van der Waals surface area contributed by atoms with Crippen molar-refractivity contribution in [2.75, 3.05) is 26.3 Å². The summed E-state index contributed by atoms with van der Waals surface area (Å²) in [5.74, 6) is -0.115. The number of hydrogen-bond donors (Lipinski definition) is 1. The maximum atomic E-state index is 12.1. The molecule has 0 aliphatic carbocycles. The summed E-state index contributed by atoms with van der Waals surface area (Å²) in [5.41, 5.74) is -0.806. The summed E-state index contributed by atoms with van der Waals surface area (Å²) in [4.78, 5) is 25.1. The summed E-state index contributed by atoms with van der Waals surface area (Å²) >= 11 is 0. The molecule has 5 heteroatoms. The van der Waals surface area contributed by atoms with Gasteiger partial charge in [-0.25, -0.2) is 0 Å². The highest BCUT2D eigenvalue weighted by atomic mass is 16.5. The molecule has 1 heterocycles. The predicted octanol–water partition coefficient (Wildman–Crippen LogP) is 0.150. The highest BCUT2D eigenvalue weighted by molar-refractivity contribution is 5.92. The highest BCUT2D eigenvalue weighted by Gasteiger charge is 2.36. The zero-order valence-electron chi connectivity index (χ0n) is 10.2. The van der Waals surface area contributed by atoms with Gasteiger partial charge in [-0.05, 0) is 20.8 Å². The third kappa shape index (κ3) is 3.20. The molecule has 0 aromatic rings. The van der Waals surface area contributed by atoms with Crippen LogP contribution >= 0.6 is 0 Å². The van der Waals surface area contributed by atoms with E-state index >= 15 is 0 Å². The van der Waals surface area contributed by atoms with E-state index in [1.807, 2.05) is 6.92 Å². The average molecular weight is 228 g/mol. The van der Waals surface area contributed by atoms with Crippen LogP contribution in [0.25, 0.3) is 0 Å². The van der Waals surface area contributed by atoms with Gasteiger partial charge in [-0.3, -0.25) is 9.59 Å². The minimum atomic E-state index is -0.806. The van der Waals surface area contributed by atoms with Gasteiger partial charge in [0.1, 0.15) is 5.54 Å². The Kier molecular flexibility index (Phi) is 4.29. The minimum absolute atomic E-state index is 0.0435. The number of hydrogen-bond acceptors (Lipinski definition) is 3. The van der Waals surface area contributed by atoms with Crippen LogP contribution < -0.4 is 5.32 Å². The Balaban J connectivity index is 2.62. The Morgan fingerprint density at radius 1 is 1.44 bits per heavy atom. The lowest BCUT2D eigenvalue weighted by molar-refractivity contribution is -0.137. The molecule has 92 valence electrons. The van der Waals surface area contributed by atoms with Crippen LogP contribution in [-0.2, 0) is 14.3 Å². The molecular formula is C11H20N2O3. The molecule has 5 nitrogen and oxygen atoms in total. The van der Waals surface area contributed by atoms with Gasteiger partial charge in [-0.15, -0.1) is 0 Å². The lowest BCUT2D eigenvalue weighted by atomic mass is 10.0. The molecular weight excluding hydrogens is 208 g/mol. The lowest BCUT2D eigenvalue weighted by Crippen LogP contribution is -2.53. The molecule has 0 saturated carbocycles. The van der Waals surface area contributed by atoms with Gasteiger partial charge in [0.25, 0.3) is 0 Å². The molecule has 1 saturated heterocycles. The number of rotatable bonds is 4. The molecule has 0 atom stereocenters. The van der Waals surface area contributed by atoms with Gasteiger partial charge < -0.3 is 15.0 Å². The zero-order valence-corrected chi connectivity index (χ0v) is 10.2. The first-order valence-electron chi connectivity index (χ1n) is 5.65. The van der Waals surface area contributed by atoms with Gasteiger partial charge in [-0.1, -0.05) is 0 Å². The van der Waals surface area contributed by atoms with Crippen molar-refractivity contribution < 1.29 is 14.3 Å². The first kappa shape index (κ1) is 13.0. The number of nitrogens with one attached hydrogen (secondary N) is 1. The molecule has 1 aliphatic rings. The molecule has 16 heavy (non-hydrogen) atoms. The molecule has 1 fully saturated rings. The van der Waals surface area contributed by atoms with Crippen molar-refractivity contribution >= 4 is 11.8 Å². The van der Waals surface area contributed by atoms with Crippen LogP contribution in [0.2, 0.25) is 0 Å². The zero-order chi connectivity index (χ0) is 12.2. The van der Waals surface area contributed by atoms with Gasteiger partial charge in [0, 0.05) is 26.1 Å². The Hall–Kier alpha value is -1.10. The van der Waals surface area contributed by atoms with Crippen LogP contribution in [0.4, 0.5) is 0 Å².